The van der Waals surface area contributed by atoms with Gasteiger partial charge < -0.3 is 10.4 Å². The van der Waals surface area contributed by atoms with E-state index in [1.807, 2.05) is 10.8 Å². The molecule has 0 aliphatic carbocycles. The number of nitrogens with zero attached hydrogens (tertiary/aromatic N) is 1. The van der Waals surface area contributed by atoms with Crippen molar-refractivity contribution in [2.24, 2.45) is 0 Å². The van der Waals surface area contributed by atoms with E-state index < -0.39 is 5.97 Å². The van der Waals surface area contributed by atoms with Crippen molar-refractivity contribution in [2.75, 3.05) is 6.54 Å². The van der Waals surface area contributed by atoms with Crippen molar-refractivity contribution in [1.29, 1.82) is 0 Å². The first kappa shape index (κ1) is 17.2. The number of aromatic carboxylic acids is 1. The fourth-order valence-electron chi connectivity index (χ4n) is 1.53. The molecule has 0 amide bonds. The Hall–Kier alpha value is -1.15. The first-order chi connectivity index (χ1) is 10.3. The molecule has 2 heterocycles. The lowest BCUT2D eigenvalue weighted by Crippen LogP contribution is -2.35. The van der Waals surface area contributed by atoms with Crippen LogP contribution in [0.15, 0.2) is 33.3 Å². The fraction of sp³-hybridized carbons (Fsp3) is 0.333. The molecular weight excluding hydrogens is 336 g/mol. The van der Waals surface area contributed by atoms with E-state index in [1.54, 1.807) is 35.2 Å². The van der Waals surface area contributed by atoms with Crippen LogP contribution in [0.1, 0.15) is 30.4 Å². The van der Waals surface area contributed by atoms with Crippen molar-refractivity contribution in [1.82, 2.24) is 10.3 Å². The van der Waals surface area contributed by atoms with Crippen LogP contribution < -0.4 is 5.32 Å². The quantitative estimate of drug-likeness (QED) is 0.744. The number of carboxylic acids is 1. The number of thiophene rings is 1. The molecule has 2 N–H and O–H groups in total. The maximum Gasteiger partial charge on any atom is 0.345 e. The van der Waals surface area contributed by atoms with Gasteiger partial charge in [-0.15, -0.1) is 22.7 Å². The third kappa shape index (κ3) is 5.24. The van der Waals surface area contributed by atoms with Gasteiger partial charge in [0.05, 0.1) is 10.6 Å². The fourth-order valence-corrected chi connectivity index (χ4v) is 3.95. The van der Waals surface area contributed by atoms with Crippen LogP contribution in [0.3, 0.4) is 0 Å². The average molecular weight is 355 g/mol. The van der Waals surface area contributed by atoms with Crippen molar-refractivity contribution < 1.29 is 9.90 Å². The van der Waals surface area contributed by atoms with Gasteiger partial charge in [-0.3, -0.25) is 0 Å². The molecule has 0 radical (unpaired) electrons. The van der Waals surface area contributed by atoms with Gasteiger partial charge in [0.15, 0.2) is 4.34 Å². The van der Waals surface area contributed by atoms with Crippen LogP contribution in [0.4, 0.5) is 0 Å². The summed E-state index contributed by atoms with van der Waals surface area (Å²) in [6.45, 7) is 7.22. The van der Waals surface area contributed by atoms with Crippen molar-refractivity contribution in [3.63, 3.8) is 0 Å². The second kappa shape index (κ2) is 7.41. The predicted octanol–water partition coefficient (Wildman–Crippen LogP) is 4.56. The Bertz CT molecular complexity index is 668. The van der Waals surface area contributed by atoms with Crippen LogP contribution in [-0.2, 0) is 0 Å². The molecule has 7 heteroatoms. The molecule has 0 saturated carbocycles. The molecule has 0 bridgehead atoms. The minimum absolute atomic E-state index is 0.115. The van der Waals surface area contributed by atoms with E-state index in [0.717, 1.165) is 21.5 Å². The van der Waals surface area contributed by atoms with Gasteiger partial charge in [-0.05, 0) is 38.3 Å². The Labute approximate surface area is 142 Å². The SMILES string of the molecule is CC(C)(C)NC/C=C/Sc1nc(-c2ccc(C(=O)O)s2)cs1. The zero-order valence-corrected chi connectivity index (χ0v) is 15.1. The van der Waals surface area contributed by atoms with Crippen LogP contribution in [0.2, 0.25) is 0 Å². The van der Waals surface area contributed by atoms with Crippen LogP contribution in [-0.4, -0.2) is 28.1 Å². The Kier molecular flexibility index (Phi) is 5.80. The summed E-state index contributed by atoms with van der Waals surface area (Å²) in [5, 5.41) is 16.3. The summed E-state index contributed by atoms with van der Waals surface area (Å²) < 4.78 is 0.951. The first-order valence-electron chi connectivity index (χ1n) is 6.71. The monoisotopic (exact) mass is 354 g/mol. The minimum Gasteiger partial charge on any atom is -0.477 e. The summed E-state index contributed by atoms with van der Waals surface area (Å²) >= 11 is 4.39. The van der Waals surface area contributed by atoms with Crippen molar-refractivity contribution in [3.05, 3.63) is 33.9 Å². The van der Waals surface area contributed by atoms with E-state index in [0.29, 0.717) is 4.88 Å². The third-order valence-electron chi connectivity index (χ3n) is 2.57. The average Bonchev–Trinajstić information content (AvgIpc) is 3.05. The molecule has 4 nitrogen and oxygen atoms in total. The maximum atomic E-state index is 10.9. The number of carboxylic acid groups (broad SMARTS) is 1. The summed E-state index contributed by atoms with van der Waals surface area (Å²) in [5.74, 6) is -0.893. The lowest BCUT2D eigenvalue weighted by molar-refractivity contribution is 0.0702. The van der Waals surface area contributed by atoms with Crippen LogP contribution in [0.25, 0.3) is 10.6 Å². The standard InChI is InChI=1S/C15H18N2O2S3/c1-15(2,3)16-7-4-8-20-14-17-10(9-21-14)11-5-6-12(22-11)13(18)19/h4-6,8-9,16H,7H2,1-3H3,(H,18,19)/b8-4+. The zero-order chi connectivity index (χ0) is 16.2. The van der Waals surface area contributed by atoms with Crippen molar-refractivity contribution in [3.8, 4) is 10.6 Å². The number of aromatic nitrogens is 1. The molecule has 22 heavy (non-hydrogen) atoms. The highest BCUT2D eigenvalue weighted by Gasteiger charge is 2.11. The molecule has 118 valence electrons. The van der Waals surface area contributed by atoms with E-state index in [4.69, 9.17) is 5.11 Å². The van der Waals surface area contributed by atoms with Crippen LogP contribution >= 0.6 is 34.4 Å². The zero-order valence-electron chi connectivity index (χ0n) is 12.6. The third-order valence-corrected chi connectivity index (χ3v) is 5.50. The molecule has 0 aliphatic heterocycles. The summed E-state index contributed by atoms with van der Waals surface area (Å²) in [5.41, 5.74) is 0.955. The summed E-state index contributed by atoms with van der Waals surface area (Å²) in [4.78, 5) is 16.7. The first-order valence-corrected chi connectivity index (χ1v) is 9.28. The van der Waals surface area contributed by atoms with Gasteiger partial charge in [-0.25, -0.2) is 9.78 Å². The van der Waals surface area contributed by atoms with Gasteiger partial charge in [0, 0.05) is 17.5 Å². The molecule has 2 aromatic heterocycles. The van der Waals surface area contributed by atoms with E-state index in [2.05, 4.69) is 37.1 Å². The van der Waals surface area contributed by atoms with Crippen LogP contribution in [0, 0.1) is 0 Å². The van der Waals surface area contributed by atoms with Crippen molar-refractivity contribution in [2.45, 2.75) is 30.6 Å². The highest BCUT2D eigenvalue weighted by molar-refractivity contribution is 8.03. The molecule has 0 aromatic carbocycles. The van der Waals surface area contributed by atoms with E-state index in [-0.39, 0.29) is 5.54 Å². The predicted molar refractivity (Wildman–Crippen MR) is 95.1 cm³/mol. The van der Waals surface area contributed by atoms with E-state index in [9.17, 15) is 4.79 Å². The maximum absolute atomic E-state index is 10.9. The summed E-state index contributed by atoms with van der Waals surface area (Å²) in [6.07, 6.45) is 2.07. The number of nitrogens with one attached hydrogen (secondary N) is 1. The summed E-state index contributed by atoms with van der Waals surface area (Å²) in [6, 6.07) is 3.42. The smallest absolute Gasteiger partial charge is 0.345 e. The second-order valence-corrected chi connectivity index (χ2v) is 8.68. The number of rotatable bonds is 6. The molecule has 0 spiro atoms. The van der Waals surface area contributed by atoms with Crippen molar-refractivity contribution >= 4 is 40.4 Å². The molecule has 2 aromatic rings. The normalized spacial score (nSPS) is 12.1. The Morgan fingerprint density at radius 2 is 2.23 bits per heavy atom. The Morgan fingerprint density at radius 1 is 1.45 bits per heavy atom. The van der Waals surface area contributed by atoms with Gasteiger partial charge >= 0.3 is 5.97 Å². The van der Waals surface area contributed by atoms with Gasteiger partial charge in [-0.1, -0.05) is 17.8 Å². The second-order valence-electron chi connectivity index (χ2n) is 5.59. The number of hydrogen-bond acceptors (Lipinski definition) is 6. The van der Waals surface area contributed by atoms with Crippen LogP contribution in [0.5, 0.6) is 0 Å². The molecule has 0 atom stereocenters. The van der Waals surface area contributed by atoms with E-state index >= 15 is 0 Å². The Morgan fingerprint density at radius 3 is 2.86 bits per heavy atom. The molecule has 2 rings (SSSR count). The van der Waals surface area contributed by atoms with Gasteiger partial charge in [0.2, 0.25) is 0 Å². The minimum atomic E-state index is -0.893. The molecule has 0 fully saturated rings. The number of thiazole rings is 1. The molecule has 0 saturated heterocycles. The number of thioether (sulfide) groups is 1. The highest BCUT2D eigenvalue weighted by atomic mass is 32.2. The number of hydrogen-bond donors (Lipinski definition) is 2. The van der Waals surface area contributed by atoms with Gasteiger partial charge in [-0.2, -0.15) is 0 Å². The molecular formula is C15H18N2O2S3. The Balaban J connectivity index is 1.91. The molecule has 0 unspecified atom stereocenters. The van der Waals surface area contributed by atoms with Gasteiger partial charge in [0.1, 0.15) is 4.88 Å². The molecule has 0 aliphatic rings. The van der Waals surface area contributed by atoms with E-state index in [1.165, 1.54) is 11.3 Å². The van der Waals surface area contributed by atoms with Gasteiger partial charge in [0.25, 0.3) is 0 Å². The number of carbonyl (C=O) groups is 1. The lowest BCUT2D eigenvalue weighted by Gasteiger charge is -2.18. The highest BCUT2D eigenvalue weighted by Crippen LogP contribution is 2.32. The lowest BCUT2D eigenvalue weighted by atomic mass is 10.1. The summed E-state index contributed by atoms with van der Waals surface area (Å²) in [7, 11) is 0. The topological polar surface area (TPSA) is 62.2 Å². The largest absolute Gasteiger partial charge is 0.477 e.